The van der Waals surface area contributed by atoms with Gasteiger partial charge in [0.1, 0.15) is 21.9 Å². The number of amides is 1. The number of aliphatic hydroxyl groups excluding tert-OH is 1. The lowest BCUT2D eigenvalue weighted by molar-refractivity contribution is -0.117. The molecule has 0 aliphatic heterocycles. The minimum Gasteiger partial charge on any atom is -0.511 e. The van der Waals surface area contributed by atoms with Crippen LogP contribution in [0, 0.1) is 5.92 Å². The van der Waals surface area contributed by atoms with Gasteiger partial charge in [0.15, 0.2) is 0 Å². The van der Waals surface area contributed by atoms with E-state index >= 15 is 0 Å². The van der Waals surface area contributed by atoms with E-state index in [1.807, 2.05) is 30.3 Å². The highest BCUT2D eigenvalue weighted by Gasteiger charge is 2.27. The number of pyridine rings is 2. The molecule has 2 atom stereocenters. The van der Waals surface area contributed by atoms with Crippen molar-refractivity contribution in [3.8, 4) is 17.3 Å². The number of hydrogen-bond acceptors (Lipinski definition) is 8. The minimum atomic E-state index is -0.478. The second-order valence-corrected chi connectivity index (χ2v) is 10.5. The molecule has 4 heterocycles. The fraction of sp³-hybridized carbons (Fsp3) is 0.258. The summed E-state index contributed by atoms with van der Waals surface area (Å²) in [6, 6.07) is 14.6. The van der Waals surface area contributed by atoms with Crippen LogP contribution in [0.15, 0.2) is 78.4 Å². The van der Waals surface area contributed by atoms with Crippen molar-refractivity contribution in [1.82, 2.24) is 24.8 Å². The Labute approximate surface area is 241 Å². The summed E-state index contributed by atoms with van der Waals surface area (Å²) in [6.07, 6.45) is 7.44. The molecular weight excluding hydrogens is 538 g/mol. The lowest BCUT2D eigenvalue weighted by Crippen LogP contribution is -2.31. The summed E-state index contributed by atoms with van der Waals surface area (Å²) in [5, 5.41) is 14.8. The van der Waals surface area contributed by atoms with E-state index in [-0.39, 0.29) is 38.5 Å². The van der Waals surface area contributed by atoms with Gasteiger partial charge >= 0.3 is 5.69 Å². The quantitative estimate of drug-likeness (QED) is 0.241. The van der Waals surface area contributed by atoms with Gasteiger partial charge in [-0.3, -0.25) is 9.36 Å². The van der Waals surface area contributed by atoms with E-state index in [0.717, 1.165) is 24.6 Å². The number of ether oxygens (including phenoxy) is 1. The van der Waals surface area contributed by atoms with Crippen molar-refractivity contribution in [2.75, 3.05) is 0 Å². The Balaban J connectivity index is 0.00000194. The van der Waals surface area contributed by atoms with E-state index in [9.17, 15) is 14.7 Å². The van der Waals surface area contributed by atoms with Gasteiger partial charge in [0.05, 0.1) is 27.3 Å². The van der Waals surface area contributed by atoms with E-state index < -0.39 is 5.69 Å². The molecule has 212 valence electrons. The summed E-state index contributed by atoms with van der Waals surface area (Å²) in [5.74, 6) is 1.29. The Kier molecular flexibility index (Phi) is 8.83. The highest BCUT2D eigenvalue weighted by atomic mass is 32.1. The maximum Gasteiger partial charge on any atom is 0.353 e. The van der Waals surface area contributed by atoms with Crippen LogP contribution in [-0.2, 0) is 4.79 Å². The normalized spacial score (nSPS) is 17.0. The molecule has 1 aliphatic carbocycles. The number of carbonyl (C=O) groups is 1. The van der Waals surface area contributed by atoms with Crippen LogP contribution in [0.2, 0.25) is 0 Å². The van der Waals surface area contributed by atoms with E-state index in [1.54, 1.807) is 30.6 Å². The second-order valence-electron chi connectivity index (χ2n) is 9.53. The number of rotatable bonds is 7. The Bertz CT molecular complexity index is 1800. The number of aromatic nitrogens is 4. The highest BCUT2D eigenvalue weighted by molar-refractivity contribution is 7.17. The molecule has 0 radical (unpaired) electrons. The predicted molar refractivity (Wildman–Crippen MR) is 164 cm³/mol. The van der Waals surface area contributed by atoms with Crippen LogP contribution in [0.3, 0.4) is 0 Å². The zero-order valence-corrected chi connectivity index (χ0v) is 21.7. The summed E-state index contributed by atoms with van der Waals surface area (Å²) in [5.41, 5.74) is 1.15. The molecule has 10 heteroatoms. The van der Waals surface area contributed by atoms with Crippen molar-refractivity contribution in [2.24, 2.45) is 5.92 Å². The van der Waals surface area contributed by atoms with Crippen molar-refractivity contribution in [3.05, 3.63) is 88.6 Å². The first-order valence-corrected chi connectivity index (χ1v) is 13.5. The molecule has 9 nitrogen and oxygen atoms in total. The smallest absolute Gasteiger partial charge is 0.353 e. The average Bonchev–Trinajstić information content (AvgIpc) is 3.55. The van der Waals surface area contributed by atoms with Gasteiger partial charge in [0.2, 0.25) is 11.8 Å². The summed E-state index contributed by atoms with van der Waals surface area (Å²) in [7, 11) is 0. The molecule has 6 rings (SSSR count). The number of nitrogens with zero attached hydrogens (tertiary/aromatic N) is 4. The molecule has 0 bridgehead atoms. The molecule has 0 saturated heterocycles. The summed E-state index contributed by atoms with van der Waals surface area (Å²) in [6.45, 7) is 3.50. The zero-order valence-electron chi connectivity index (χ0n) is 20.9. The van der Waals surface area contributed by atoms with Crippen molar-refractivity contribution >= 4 is 44.3 Å². The van der Waals surface area contributed by atoms with Gasteiger partial charge in [0.25, 0.3) is 0 Å². The maximum atomic E-state index is 13.3. The fourth-order valence-electron chi connectivity index (χ4n) is 5.17. The molecule has 1 aliphatic rings. The standard InChI is InChI=1S/C29H25N5O4S.2CH4/c1-2-23(36)32-18-9-8-17(14-18)15-22(35)27-26-25-21(12-13-30-28(25)39-27)34(29(37)33-26)19-10-11-24(31-16-19)38-20-6-4-3-5-7-20;;/h2-7,10-13,16-18,35H,1,8-9,14-15H2,(H,32,36);2*1H4/t17-,18-;;/m0../s1. The van der Waals surface area contributed by atoms with Crippen molar-refractivity contribution in [1.29, 1.82) is 0 Å². The van der Waals surface area contributed by atoms with E-state index in [0.29, 0.717) is 44.1 Å². The van der Waals surface area contributed by atoms with Gasteiger partial charge < -0.3 is 15.2 Å². The van der Waals surface area contributed by atoms with Crippen LogP contribution in [0.25, 0.3) is 32.7 Å². The molecule has 1 fully saturated rings. The number of aliphatic hydroxyl groups is 1. The van der Waals surface area contributed by atoms with Crippen LogP contribution in [0.1, 0.15) is 40.5 Å². The number of hydrogen-bond donors (Lipinski definition) is 2. The molecule has 5 aromatic rings. The third kappa shape index (κ3) is 5.83. The lowest BCUT2D eigenvalue weighted by Gasteiger charge is -2.12. The number of carbonyl (C=O) groups excluding carboxylic acids is 1. The van der Waals surface area contributed by atoms with Gasteiger partial charge in [-0.1, -0.05) is 39.6 Å². The van der Waals surface area contributed by atoms with Gasteiger partial charge in [-0.15, -0.1) is 11.3 Å². The number of thiophene rings is 1. The monoisotopic (exact) mass is 571 g/mol. The first kappa shape index (κ1) is 29.4. The van der Waals surface area contributed by atoms with Crippen LogP contribution in [-0.4, -0.2) is 36.6 Å². The van der Waals surface area contributed by atoms with E-state index in [4.69, 9.17) is 4.74 Å². The average molecular weight is 572 g/mol. The Morgan fingerprint density at radius 3 is 2.68 bits per heavy atom. The number of nitrogens with one attached hydrogen (secondary N) is 1. The topological polar surface area (TPSA) is 119 Å². The first-order chi connectivity index (χ1) is 19.0. The van der Waals surface area contributed by atoms with Crippen LogP contribution in [0.5, 0.6) is 11.6 Å². The second kappa shape index (κ2) is 12.3. The third-order valence-electron chi connectivity index (χ3n) is 6.95. The Hall–Kier alpha value is -4.57. The largest absolute Gasteiger partial charge is 0.511 e. The first-order valence-electron chi connectivity index (χ1n) is 12.6. The molecular formula is C31H33N5O4S. The van der Waals surface area contributed by atoms with Gasteiger partial charge in [-0.2, -0.15) is 4.98 Å². The molecule has 4 aromatic heterocycles. The van der Waals surface area contributed by atoms with Gasteiger partial charge in [-0.05, 0) is 55.5 Å². The highest BCUT2D eigenvalue weighted by Crippen LogP contribution is 2.32. The van der Waals surface area contributed by atoms with Crippen LogP contribution in [0.4, 0.5) is 0 Å². The lowest BCUT2D eigenvalue weighted by atomic mass is 10.0. The minimum absolute atomic E-state index is 0. The Morgan fingerprint density at radius 2 is 1.95 bits per heavy atom. The molecule has 0 unspecified atom stereocenters. The third-order valence-corrected chi connectivity index (χ3v) is 8.08. The molecule has 1 amide bonds. The molecule has 1 aromatic carbocycles. The number of para-hydroxylation sites is 1. The Morgan fingerprint density at radius 1 is 1.15 bits per heavy atom. The van der Waals surface area contributed by atoms with Crippen molar-refractivity contribution in [2.45, 2.75) is 46.6 Å². The van der Waals surface area contributed by atoms with Crippen molar-refractivity contribution in [3.63, 3.8) is 0 Å². The van der Waals surface area contributed by atoms with Crippen molar-refractivity contribution < 1.29 is 14.6 Å². The van der Waals surface area contributed by atoms with Crippen LogP contribution < -0.4 is 20.3 Å². The van der Waals surface area contributed by atoms with Crippen LogP contribution >= 0.6 is 11.3 Å². The molecule has 0 spiro atoms. The fourth-order valence-corrected chi connectivity index (χ4v) is 6.23. The molecule has 41 heavy (non-hydrogen) atoms. The predicted octanol–water partition coefficient (Wildman–Crippen LogP) is 5.70. The molecule has 1 saturated carbocycles. The van der Waals surface area contributed by atoms with E-state index in [2.05, 4.69) is 26.8 Å². The SMILES string of the molecule is C.C.C=CC(=O)N[C@H]1CC[C@H](CC(O)=c2sc3nccc4c3c2nc(=O)n4-c2ccc(Oc3ccccc3)nc2)C1. The number of benzene rings is 1. The summed E-state index contributed by atoms with van der Waals surface area (Å²) < 4.78 is 7.83. The zero-order chi connectivity index (χ0) is 26.9. The molecule has 2 N–H and O–H groups in total. The van der Waals surface area contributed by atoms with Gasteiger partial charge in [0, 0.05) is 24.7 Å². The summed E-state index contributed by atoms with van der Waals surface area (Å²) >= 11 is 1.32. The van der Waals surface area contributed by atoms with Gasteiger partial charge in [-0.25, -0.2) is 14.8 Å². The van der Waals surface area contributed by atoms with E-state index in [1.165, 1.54) is 22.0 Å². The summed E-state index contributed by atoms with van der Waals surface area (Å²) in [4.78, 5) is 38.9. The maximum absolute atomic E-state index is 13.3.